The zero-order valence-electron chi connectivity index (χ0n) is 13.7. The van der Waals surface area contributed by atoms with Crippen LogP contribution in [0.15, 0.2) is 63.0 Å². The van der Waals surface area contributed by atoms with Crippen LogP contribution in [-0.2, 0) is 0 Å². The van der Waals surface area contributed by atoms with Crippen molar-refractivity contribution in [3.63, 3.8) is 0 Å². The van der Waals surface area contributed by atoms with E-state index in [4.69, 9.17) is 10.1 Å². The van der Waals surface area contributed by atoms with Crippen molar-refractivity contribution in [2.75, 3.05) is 0 Å². The van der Waals surface area contributed by atoms with Crippen molar-refractivity contribution in [3.8, 4) is 22.9 Å². The molecule has 0 saturated heterocycles. The molecule has 2 aromatic carbocycles. The average molecular weight is 406 g/mol. The number of alkyl halides is 3. The summed E-state index contributed by atoms with van der Waals surface area (Å²) in [6.07, 6.45) is 0. The summed E-state index contributed by atoms with van der Waals surface area (Å²) in [5.41, 5.74) is -5.37. The molecule has 0 radical (unpaired) electrons. The second-order valence-corrected chi connectivity index (χ2v) is 6.42. The maximum absolute atomic E-state index is 12.4. The second-order valence-electron chi connectivity index (χ2n) is 5.28. The number of halogens is 3. The molecular formula is C17H9F3N4O3S. The lowest BCUT2D eigenvalue weighted by Crippen LogP contribution is -2.36. The normalized spacial score (nSPS) is 11.1. The van der Waals surface area contributed by atoms with Gasteiger partial charge in [0.25, 0.3) is 5.56 Å². The molecule has 142 valence electrons. The molecular weight excluding hydrogens is 397 g/mol. The van der Waals surface area contributed by atoms with Crippen LogP contribution in [-0.4, -0.2) is 20.4 Å². The summed E-state index contributed by atoms with van der Waals surface area (Å²) in [6.45, 7) is 0. The number of benzene rings is 2. The lowest BCUT2D eigenvalue weighted by atomic mass is 10.1. The van der Waals surface area contributed by atoms with Gasteiger partial charge in [0.05, 0.1) is 0 Å². The fourth-order valence-electron chi connectivity index (χ4n) is 2.18. The first-order chi connectivity index (χ1) is 13.2. The second kappa shape index (κ2) is 7.61. The number of nitrogens with one attached hydrogen (secondary N) is 1. The topological polar surface area (TPSA) is 101 Å². The van der Waals surface area contributed by atoms with Gasteiger partial charge in [-0.2, -0.15) is 18.4 Å². The molecule has 0 amide bonds. The Labute approximate surface area is 159 Å². The molecule has 3 rings (SSSR count). The average Bonchev–Trinajstić information content (AvgIpc) is 2.64. The lowest BCUT2D eigenvalue weighted by molar-refractivity contribution is -0.0328. The summed E-state index contributed by atoms with van der Waals surface area (Å²) >= 11 is -0.194. The standard InChI is InChI=1S/C17H9F3N4O3S/c18-17(19,20)28-13-7-3-11(4-8-13)10-1-5-12(6-2-10)27-24-16(26)22-15(25)14(9-21)23-24/h1-8H,(H,22,25,26). The zero-order valence-corrected chi connectivity index (χ0v) is 14.5. The molecule has 1 N–H and O–H groups in total. The molecule has 0 atom stereocenters. The first kappa shape index (κ1) is 19.2. The Morgan fingerprint density at radius 3 is 2.14 bits per heavy atom. The SMILES string of the molecule is N#Cc1nn(Oc2ccc(-c3ccc(SC(F)(F)F)cc3)cc2)c(=O)[nH]c1=O. The van der Waals surface area contributed by atoms with E-state index in [-0.39, 0.29) is 22.4 Å². The Balaban J connectivity index is 1.78. The molecule has 0 saturated carbocycles. The van der Waals surface area contributed by atoms with Gasteiger partial charge in [-0.05, 0) is 52.0 Å². The van der Waals surface area contributed by atoms with Crippen molar-refractivity contribution in [1.29, 1.82) is 5.26 Å². The monoisotopic (exact) mass is 406 g/mol. The lowest BCUT2D eigenvalue weighted by Gasteiger charge is -2.08. The molecule has 0 spiro atoms. The van der Waals surface area contributed by atoms with Gasteiger partial charge in [-0.1, -0.05) is 24.3 Å². The molecule has 11 heteroatoms. The van der Waals surface area contributed by atoms with Crippen molar-refractivity contribution >= 4 is 11.8 Å². The van der Waals surface area contributed by atoms with Crippen molar-refractivity contribution in [2.24, 2.45) is 0 Å². The molecule has 0 aliphatic carbocycles. The highest BCUT2D eigenvalue weighted by Gasteiger charge is 2.29. The Kier molecular flexibility index (Phi) is 5.23. The maximum atomic E-state index is 12.4. The molecule has 0 fully saturated rings. The summed E-state index contributed by atoms with van der Waals surface area (Å²) in [5.74, 6) is 0.193. The van der Waals surface area contributed by atoms with Crippen LogP contribution in [0.5, 0.6) is 5.75 Å². The van der Waals surface area contributed by atoms with Crippen LogP contribution < -0.4 is 16.1 Å². The predicted octanol–water partition coefficient (Wildman–Crippen LogP) is 2.92. The fraction of sp³-hybridized carbons (Fsp3) is 0.0588. The quantitative estimate of drug-likeness (QED) is 0.669. The fourth-order valence-corrected chi connectivity index (χ4v) is 2.72. The largest absolute Gasteiger partial charge is 0.446 e. The summed E-state index contributed by atoms with van der Waals surface area (Å²) in [6, 6.07) is 13.6. The van der Waals surface area contributed by atoms with E-state index in [0.717, 1.165) is 0 Å². The third-order valence-corrected chi connectivity index (χ3v) is 4.11. The first-order valence-corrected chi connectivity index (χ1v) is 8.35. The van der Waals surface area contributed by atoms with Crippen LogP contribution in [0.25, 0.3) is 11.1 Å². The van der Waals surface area contributed by atoms with Gasteiger partial charge in [0.2, 0.25) is 5.69 Å². The molecule has 0 aliphatic rings. The molecule has 7 nitrogen and oxygen atoms in total. The van der Waals surface area contributed by atoms with Gasteiger partial charge >= 0.3 is 11.2 Å². The smallest absolute Gasteiger partial charge is 0.353 e. The number of thioether (sulfide) groups is 1. The molecule has 0 aliphatic heterocycles. The third kappa shape index (κ3) is 4.60. The number of rotatable bonds is 4. The van der Waals surface area contributed by atoms with E-state index in [9.17, 15) is 22.8 Å². The van der Waals surface area contributed by atoms with E-state index >= 15 is 0 Å². The summed E-state index contributed by atoms with van der Waals surface area (Å²) < 4.78 is 37.1. The maximum Gasteiger partial charge on any atom is 0.446 e. The number of hydrogen-bond donors (Lipinski definition) is 1. The molecule has 0 unspecified atom stereocenters. The Hall–Kier alpha value is -3.52. The Bertz CT molecular complexity index is 1150. The van der Waals surface area contributed by atoms with E-state index in [1.54, 1.807) is 24.3 Å². The molecule has 3 aromatic rings. The number of nitriles is 1. The molecule has 1 aromatic heterocycles. The van der Waals surface area contributed by atoms with Crippen molar-refractivity contribution < 1.29 is 18.0 Å². The predicted molar refractivity (Wildman–Crippen MR) is 93.6 cm³/mol. The summed E-state index contributed by atoms with van der Waals surface area (Å²) in [4.78, 5) is 30.6. The van der Waals surface area contributed by atoms with Crippen LogP contribution in [0.4, 0.5) is 13.2 Å². The number of hydrogen-bond acceptors (Lipinski definition) is 6. The van der Waals surface area contributed by atoms with Gasteiger partial charge in [0.1, 0.15) is 6.07 Å². The van der Waals surface area contributed by atoms with Gasteiger partial charge in [0, 0.05) is 4.90 Å². The number of aromatic nitrogens is 3. The molecule has 28 heavy (non-hydrogen) atoms. The van der Waals surface area contributed by atoms with Gasteiger partial charge in [-0.3, -0.25) is 9.78 Å². The van der Waals surface area contributed by atoms with Crippen molar-refractivity contribution in [3.05, 3.63) is 75.1 Å². The van der Waals surface area contributed by atoms with E-state index in [2.05, 4.69) is 5.10 Å². The zero-order chi connectivity index (χ0) is 20.3. The number of aromatic amines is 1. The van der Waals surface area contributed by atoms with E-state index in [0.29, 0.717) is 16.0 Å². The van der Waals surface area contributed by atoms with Gasteiger partial charge in [0.15, 0.2) is 5.75 Å². The molecule has 0 bridgehead atoms. The number of H-pyrrole nitrogens is 1. The highest BCUT2D eigenvalue weighted by atomic mass is 32.2. The summed E-state index contributed by atoms with van der Waals surface area (Å²) in [5, 5.41) is 12.3. The summed E-state index contributed by atoms with van der Waals surface area (Å²) in [7, 11) is 0. The number of nitrogens with zero attached hydrogens (tertiary/aromatic N) is 3. The van der Waals surface area contributed by atoms with E-state index < -0.39 is 22.5 Å². The van der Waals surface area contributed by atoms with Gasteiger partial charge in [-0.15, -0.1) is 5.10 Å². The minimum absolute atomic E-state index is 0.0769. The highest BCUT2D eigenvalue weighted by molar-refractivity contribution is 8.00. The minimum atomic E-state index is -4.35. The first-order valence-electron chi connectivity index (χ1n) is 7.53. The van der Waals surface area contributed by atoms with Crippen LogP contribution in [0.1, 0.15) is 5.69 Å². The van der Waals surface area contributed by atoms with Crippen molar-refractivity contribution in [2.45, 2.75) is 10.4 Å². The van der Waals surface area contributed by atoms with Crippen LogP contribution in [0, 0.1) is 11.3 Å². The van der Waals surface area contributed by atoms with Crippen LogP contribution in [0.3, 0.4) is 0 Å². The van der Waals surface area contributed by atoms with Crippen LogP contribution >= 0.6 is 11.8 Å². The van der Waals surface area contributed by atoms with Gasteiger partial charge < -0.3 is 4.84 Å². The highest BCUT2D eigenvalue weighted by Crippen LogP contribution is 2.37. The van der Waals surface area contributed by atoms with Gasteiger partial charge in [-0.25, -0.2) is 4.79 Å². The van der Waals surface area contributed by atoms with E-state index in [1.807, 2.05) is 4.98 Å². The van der Waals surface area contributed by atoms with Crippen LogP contribution in [0.2, 0.25) is 0 Å². The Morgan fingerprint density at radius 2 is 1.61 bits per heavy atom. The Morgan fingerprint density at radius 1 is 1.04 bits per heavy atom. The molecule has 1 heterocycles. The third-order valence-electron chi connectivity index (χ3n) is 3.37. The van der Waals surface area contributed by atoms with Crippen molar-refractivity contribution in [1.82, 2.24) is 14.9 Å². The minimum Gasteiger partial charge on any atom is -0.353 e. The van der Waals surface area contributed by atoms with E-state index in [1.165, 1.54) is 30.3 Å².